The van der Waals surface area contributed by atoms with E-state index in [0.29, 0.717) is 28.7 Å². The van der Waals surface area contributed by atoms with Crippen molar-refractivity contribution in [1.29, 1.82) is 0 Å². The van der Waals surface area contributed by atoms with E-state index in [2.05, 4.69) is 15.6 Å². The molecule has 184 valence electrons. The Kier molecular flexibility index (Phi) is 7.75. The van der Waals surface area contributed by atoms with Gasteiger partial charge in [-0.2, -0.15) is 0 Å². The molecule has 2 heterocycles. The summed E-state index contributed by atoms with van der Waals surface area (Å²) in [4.78, 5) is 42.9. The van der Waals surface area contributed by atoms with Crippen molar-refractivity contribution in [3.8, 4) is 11.5 Å². The average Bonchev–Trinajstić information content (AvgIpc) is 3.25. The number of nitrogens with zero attached hydrogens (tertiary/aromatic N) is 2. The lowest BCUT2D eigenvalue weighted by molar-refractivity contribution is 0.0698. The van der Waals surface area contributed by atoms with Crippen LogP contribution in [0.4, 0.5) is 15.5 Å². The van der Waals surface area contributed by atoms with Gasteiger partial charge in [-0.1, -0.05) is 20.8 Å². The second kappa shape index (κ2) is 10.6. The van der Waals surface area contributed by atoms with Gasteiger partial charge in [-0.25, -0.2) is 9.59 Å². The van der Waals surface area contributed by atoms with Gasteiger partial charge in [-0.05, 0) is 48.7 Å². The third-order valence-electron chi connectivity index (χ3n) is 5.06. The summed E-state index contributed by atoms with van der Waals surface area (Å²) in [6, 6.07) is 11.2. The van der Waals surface area contributed by atoms with Gasteiger partial charge in [0.15, 0.2) is 0 Å². The van der Waals surface area contributed by atoms with E-state index in [1.165, 1.54) is 35.5 Å². The zero-order valence-electron chi connectivity index (χ0n) is 20.2. The number of carbonyl (C=O) groups is 3. The van der Waals surface area contributed by atoms with Crippen molar-refractivity contribution in [3.05, 3.63) is 64.8 Å². The van der Waals surface area contributed by atoms with Crippen molar-refractivity contribution < 1.29 is 24.2 Å². The Hall–Kier alpha value is -3.92. The van der Waals surface area contributed by atoms with E-state index in [-0.39, 0.29) is 22.6 Å². The molecule has 0 atom stereocenters. The molecule has 3 amide bonds. The first-order chi connectivity index (χ1) is 16.5. The number of rotatable bonds is 7. The van der Waals surface area contributed by atoms with Crippen LogP contribution in [0.15, 0.2) is 48.7 Å². The van der Waals surface area contributed by atoms with Crippen LogP contribution in [-0.2, 0) is 5.41 Å². The first-order valence-electron chi connectivity index (χ1n) is 11.0. The molecule has 0 saturated heterocycles. The number of aromatic nitrogens is 1. The van der Waals surface area contributed by atoms with Gasteiger partial charge in [0.1, 0.15) is 22.2 Å². The fourth-order valence-corrected chi connectivity index (χ4v) is 4.27. The number of pyridine rings is 1. The third kappa shape index (κ3) is 6.15. The second-order valence-electron chi connectivity index (χ2n) is 8.63. The molecule has 1 aromatic carbocycles. The van der Waals surface area contributed by atoms with Crippen LogP contribution in [0.3, 0.4) is 0 Å². The van der Waals surface area contributed by atoms with Crippen LogP contribution < -0.4 is 20.3 Å². The van der Waals surface area contributed by atoms with Crippen LogP contribution in [0.2, 0.25) is 0 Å². The van der Waals surface area contributed by atoms with Crippen LogP contribution in [0.5, 0.6) is 11.5 Å². The van der Waals surface area contributed by atoms with E-state index in [9.17, 15) is 19.5 Å². The van der Waals surface area contributed by atoms with Crippen molar-refractivity contribution in [3.63, 3.8) is 0 Å². The highest BCUT2D eigenvalue weighted by atomic mass is 32.1. The second-order valence-corrected chi connectivity index (χ2v) is 9.69. The molecule has 0 radical (unpaired) electrons. The number of amides is 3. The fourth-order valence-electron chi connectivity index (χ4n) is 3.18. The Balaban J connectivity index is 1.76. The number of carbonyl (C=O) groups excluding carboxylic acids is 2. The molecule has 9 nitrogen and oxygen atoms in total. The number of ether oxygens (including phenoxy) is 1. The monoisotopic (exact) mass is 496 g/mol. The molecule has 10 heteroatoms. The number of carboxylic acids is 1. The number of anilines is 2. The molecule has 0 aliphatic carbocycles. The lowest BCUT2D eigenvalue weighted by Crippen LogP contribution is -2.34. The summed E-state index contributed by atoms with van der Waals surface area (Å²) in [5.41, 5.74) is 0.678. The zero-order chi connectivity index (χ0) is 25.8. The minimum absolute atomic E-state index is 0.0709. The molecule has 2 aromatic heterocycles. The van der Waals surface area contributed by atoms with Gasteiger partial charge in [0.25, 0.3) is 5.91 Å². The summed E-state index contributed by atoms with van der Waals surface area (Å²) in [6.07, 6.45) is 1.48. The smallest absolute Gasteiger partial charge is 0.338 e. The Morgan fingerprint density at radius 2 is 1.77 bits per heavy atom. The molecular formula is C25H28N4O5S. The van der Waals surface area contributed by atoms with Crippen molar-refractivity contribution in [2.24, 2.45) is 0 Å². The summed E-state index contributed by atoms with van der Waals surface area (Å²) in [7, 11) is 1.52. The lowest BCUT2D eigenvalue weighted by Gasteiger charge is -2.21. The molecule has 35 heavy (non-hydrogen) atoms. The summed E-state index contributed by atoms with van der Waals surface area (Å²) < 4.78 is 5.81. The molecule has 0 fully saturated rings. The molecule has 0 bridgehead atoms. The molecular weight excluding hydrogens is 468 g/mol. The number of thiophene rings is 1. The topological polar surface area (TPSA) is 121 Å². The first-order valence-corrected chi connectivity index (χ1v) is 11.8. The predicted molar refractivity (Wildman–Crippen MR) is 136 cm³/mol. The number of benzene rings is 1. The molecule has 3 rings (SSSR count). The van der Waals surface area contributed by atoms with E-state index in [1.807, 2.05) is 27.7 Å². The van der Waals surface area contributed by atoms with Crippen molar-refractivity contribution >= 4 is 39.9 Å². The summed E-state index contributed by atoms with van der Waals surface area (Å²) >= 11 is 1.26. The Bertz CT molecular complexity index is 1230. The van der Waals surface area contributed by atoms with Crippen LogP contribution in [0.1, 0.15) is 53.4 Å². The summed E-state index contributed by atoms with van der Waals surface area (Å²) in [5.74, 6) is -0.445. The minimum atomic E-state index is -1.09. The zero-order valence-corrected chi connectivity index (χ0v) is 21.0. The quantitative estimate of drug-likeness (QED) is 0.405. The van der Waals surface area contributed by atoms with E-state index < -0.39 is 12.0 Å². The SMILES string of the molecule is CCN(C(=O)Nc1sc(C(C)(C)C)cc1C(=O)O)c1ccc(Oc2ccnc(C(=O)NC)c2)cc1. The van der Waals surface area contributed by atoms with Gasteiger partial charge >= 0.3 is 12.0 Å². The number of hydrogen-bond donors (Lipinski definition) is 3. The highest BCUT2D eigenvalue weighted by molar-refractivity contribution is 7.16. The van der Waals surface area contributed by atoms with Crippen LogP contribution in [0.25, 0.3) is 0 Å². The molecule has 0 unspecified atom stereocenters. The number of nitrogens with one attached hydrogen (secondary N) is 2. The molecule has 0 saturated carbocycles. The van der Waals surface area contributed by atoms with Crippen LogP contribution in [-0.4, -0.2) is 41.6 Å². The van der Waals surface area contributed by atoms with Gasteiger partial charge in [0.2, 0.25) is 0 Å². The minimum Gasteiger partial charge on any atom is -0.478 e. The van der Waals surface area contributed by atoms with E-state index in [0.717, 1.165) is 4.88 Å². The average molecular weight is 497 g/mol. The molecule has 0 spiro atoms. The maximum Gasteiger partial charge on any atom is 0.338 e. The molecule has 0 aliphatic rings. The summed E-state index contributed by atoms with van der Waals surface area (Å²) in [6.45, 7) is 8.16. The Labute approximate surface area is 207 Å². The van der Waals surface area contributed by atoms with Gasteiger partial charge in [-0.3, -0.25) is 20.0 Å². The van der Waals surface area contributed by atoms with Gasteiger partial charge in [0.05, 0.1) is 5.56 Å². The van der Waals surface area contributed by atoms with Crippen molar-refractivity contribution in [2.45, 2.75) is 33.1 Å². The van der Waals surface area contributed by atoms with E-state index in [4.69, 9.17) is 4.74 Å². The van der Waals surface area contributed by atoms with Gasteiger partial charge in [0, 0.05) is 36.4 Å². The molecule has 0 aliphatic heterocycles. The molecule has 3 aromatic rings. The van der Waals surface area contributed by atoms with E-state index >= 15 is 0 Å². The van der Waals surface area contributed by atoms with Crippen LogP contribution >= 0.6 is 11.3 Å². The van der Waals surface area contributed by atoms with Crippen LogP contribution in [0, 0.1) is 0 Å². The largest absolute Gasteiger partial charge is 0.478 e. The standard InChI is InChI=1S/C25H28N4O5S/c1-6-29(24(33)28-22-18(23(31)32)14-20(35-22)25(2,3)4)15-7-9-16(10-8-15)34-17-11-12-27-19(13-17)21(30)26-5/h7-14H,6H2,1-5H3,(H,26,30)(H,28,33)(H,31,32). The highest BCUT2D eigenvalue weighted by Crippen LogP contribution is 2.36. The normalized spacial score (nSPS) is 11.0. The highest BCUT2D eigenvalue weighted by Gasteiger charge is 2.25. The van der Waals surface area contributed by atoms with E-state index in [1.54, 1.807) is 36.4 Å². The van der Waals surface area contributed by atoms with Gasteiger partial charge < -0.3 is 15.2 Å². The van der Waals surface area contributed by atoms with Crippen molar-refractivity contribution in [1.82, 2.24) is 10.3 Å². The lowest BCUT2D eigenvalue weighted by atomic mass is 9.94. The van der Waals surface area contributed by atoms with Crippen molar-refractivity contribution in [2.75, 3.05) is 23.8 Å². The number of aromatic carboxylic acids is 1. The Morgan fingerprint density at radius 3 is 2.34 bits per heavy atom. The number of carboxylic acid groups (broad SMARTS) is 1. The predicted octanol–water partition coefficient (Wildman–Crippen LogP) is 5.35. The fraction of sp³-hybridized carbons (Fsp3) is 0.280. The first kappa shape index (κ1) is 25.7. The maximum atomic E-state index is 13.0. The number of hydrogen-bond acceptors (Lipinski definition) is 6. The maximum absolute atomic E-state index is 13.0. The van der Waals surface area contributed by atoms with Gasteiger partial charge in [-0.15, -0.1) is 11.3 Å². The Morgan fingerprint density at radius 1 is 1.09 bits per heavy atom. The molecule has 3 N–H and O–H groups in total. The third-order valence-corrected chi connectivity index (χ3v) is 6.53. The number of urea groups is 1. The summed E-state index contributed by atoms with van der Waals surface area (Å²) in [5, 5.41) is 15.2.